The topological polar surface area (TPSA) is 46.6 Å². The third kappa shape index (κ3) is 2.74. The van der Waals surface area contributed by atoms with Gasteiger partial charge in [-0.3, -0.25) is 4.79 Å². The molecule has 0 radical (unpaired) electrons. The van der Waals surface area contributed by atoms with Gasteiger partial charge in [0.15, 0.2) is 5.60 Å². The van der Waals surface area contributed by atoms with Gasteiger partial charge in [0.25, 0.3) is 0 Å². The first-order valence-corrected chi connectivity index (χ1v) is 10.9. The van der Waals surface area contributed by atoms with Crippen LogP contribution in [0.4, 0.5) is 0 Å². The Morgan fingerprint density at radius 2 is 1.58 bits per heavy atom. The number of carbonyl (C=O) groups is 2. The van der Waals surface area contributed by atoms with Gasteiger partial charge in [0.1, 0.15) is 0 Å². The Labute approximate surface area is 181 Å². The predicted molar refractivity (Wildman–Crippen MR) is 118 cm³/mol. The number of hydrogen-bond acceptors (Lipinski definition) is 3. The first-order chi connectivity index (χ1) is 15.1. The highest BCUT2D eigenvalue weighted by molar-refractivity contribution is 5.96. The Kier molecular flexibility index (Phi) is 3.88. The fourth-order valence-electron chi connectivity index (χ4n) is 5.29. The highest BCUT2D eigenvalue weighted by Crippen LogP contribution is 2.52. The van der Waals surface area contributed by atoms with Gasteiger partial charge < -0.3 is 9.64 Å². The maximum absolute atomic E-state index is 13.7. The number of ether oxygens (including phenoxy) is 1. The molecule has 0 aromatic heterocycles. The van der Waals surface area contributed by atoms with Gasteiger partial charge in [-0.2, -0.15) is 0 Å². The zero-order chi connectivity index (χ0) is 21.1. The molecule has 31 heavy (non-hydrogen) atoms. The van der Waals surface area contributed by atoms with E-state index >= 15 is 0 Å². The summed E-state index contributed by atoms with van der Waals surface area (Å²) in [6.07, 6.45) is 2.38. The molecule has 1 saturated carbocycles. The molecule has 6 rings (SSSR count). The second-order valence-electron chi connectivity index (χ2n) is 8.94. The summed E-state index contributed by atoms with van der Waals surface area (Å²) in [5, 5.41) is 0. The predicted octanol–water partition coefficient (Wildman–Crippen LogP) is 4.68. The largest absolute Gasteiger partial charge is 0.449 e. The number of likely N-dealkylation sites (tertiary alicyclic amines) is 1. The van der Waals surface area contributed by atoms with Gasteiger partial charge in [0, 0.05) is 18.5 Å². The number of amides is 1. The Morgan fingerprint density at radius 3 is 2.39 bits per heavy atom. The molecule has 1 aliphatic carbocycles. The van der Waals surface area contributed by atoms with Crippen molar-refractivity contribution in [3.8, 4) is 11.1 Å². The molecule has 1 amide bonds. The molecule has 0 bridgehead atoms. The maximum atomic E-state index is 13.7. The summed E-state index contributed by atoms with van der Waals surface area (Å²) in [4.78, 5) is 28.0. The van der Waals surface area contributed by atoms with Gasteiger partial charge in [-0.25, -0.2) is 4.79 Å². The van der Waals surface area contributed by atoms with E-state index in [0.29, 0.717) is 25.1 Å². The Balaban J connectivity index is 1.29. The van der Waals surface area contributed by atoms with E-state index in [-0.39, 0.29) is 11.9 Å². The molecule has 1 spiro atoms. The van der Waals surface area contributed by atoms with Gasteiger partial charge in [-0.05, 0) is 35.6 Å². The number of nitrogens with zero attached hydrogens (tertiary/aromatic N) is 1. The van der Waals surface area contributed by atoms with E-state index in [9.17, 15) is 9.59 Å². The van der Waals surface area contributed by atoms with Crippen molar-refractivity contribution < 1.29 is 14.3 Å². The lowest BCUT2D eigenvalue weighted by Gasteiger charge is -2.27. The monoisotopic (exact) mass is 409 g/mol. The molecule has 1 saturated heterocycles. The Bertz CT molecular complexity index is 1200. The van der Waals surface area contributed by atoms with Crippen LogP contribution < -0.4 is 0 Å². The third-order valence-electron chi connectivity index (χ3n) is 7.13. The summed E-state index contributed by atoms with van der Waals surface area (Å²) >= 11 is 0. The normalized spacial score (nSPS) is 23.0. The summed E-state index contributed by atoms with van der Waals surface area (Å²) in [5.41, 5.74) is 3.79. The minimum atomic E-state index is -0.689. The summed E-state index contributed by atoms with van der Waals surface area (Å²) in [6.45, 7) is 1.05. The first-order valence-electron chi connectivity index (χ1n) is 10.9. The number of hydrogen-bond donors (Lipinski definition) is 0. The molecule has 2 heterocycles. The summed E-state index contributed by atoms with van der Waals surface area (Å²) < 4.78 is 5.84. The number of esters is 1. The van der Waals surface area contributed by atoms with Crippen LogP contribution in [0.25, 0.3) is 11.1 Å². The van der Waals surface area contributed by atoms with Crippen LogP contribution in [-0.4, -0.2) is 29.9 Å². The zero-order valence-electron chi connectivity index (χ0n) is 17.2. The van der Waals surface area contributed by atoms with Gasteiger partial charge in [-0.1, -0.05) is 72.8 Å². The lowest BCUT2D eigenvalue weighted by atomic mass is 9.90. The Hall–Kier alpha value is -3.40. The van der Waals surface area contributed by atoms with Gasteiger partial charge in [0.2, 0.25) is 5.91 Å². The van der Waals surface area contributed by atoms with Crippen molar-refractivity contribution in [1.82, 2.24) is 4.90 Å². The van der Waals surface area contributed by atoms with E-state index in [1.165, 1.54) is 0 Å². The van der Waals surface area contributed by atoms with Crippen LogP contribution in [0.5, 0.6) is 0 Å². The average Bonchev–Trinajstić information content (AvgIpc) is 3.46. The molecule has 4 heteroatoms. The van der Waals surface area contributed by atoms with Gasteiger partial charge in [-0.15, -0.1) is 0 Å². The minimum absolute atomic E-state index is 0.162. The van der Waals surface area contributed by atoms with Crippen LogP contribution in [0.2, 0.25) is 0 Å². The van der Waals surface area contributed by atoms with E-state index in [1.54, 1.807) is 0 Å². The van der Waals surface area contributed by atoms with Crippen molar-refractivity contribution in [1.29, 1.82) is 0 Å². The van der Waals surface area contributed by atoms with Gasteiger partial charge in [0.05, 0.1) is 17.5 Å². The molecular formula is C27H23NO3. The van der Waals surface area contributed by atoms with Crippen LogP contribution in [-0.2, 0) is 20.5 Å². The average molecular weight is 409 g/mol. The van der Waals surface area contributed by atoms with Crippen molar-refractivity contribution in [2.75, 3.05) is 13.1 Å². The highest BCUT2D eigenvalue weighted by Gasteiger charge is 2.57. The number of fused-ring (bicyclic) bond motifs is 2. The van der Waals surface area contributed by atoms with E-state index in [1.807, 2.05) is 53.4 Å². The number of benzene rings is 3. The smallest absolute Gasteiger partial charge is 0.339 e. The van der Waals surface area contributed by atoms with E-state index in [0.717, 1.165) is 35.1 Å². The second-order valence-corrected chi connectivity index (χ2v) is 8.94. The van der Waals surface area contributed by atoms with Crippen LogP contribution in [0.15, 0.2) is 78.9 Å². The van der Waals surface area contributed by atoms with Gasteiger partial charge >= 0.3 is 5.97 Å². The number of carbonyl (C=O) groups excluding carboxylic acids is 2. The molecule has 0 unspecified atom stereocenters. The minimum Gasteiger partial charge on any atom is -0.449 e. The summed E-state index contributed by atoms with van der Waals surface area (Å²) in [5.74, 6) is -0.114. The van der Waals surface area contributed by atoms with Crippen molar-refractivity contribution in [3.63, 3.8) is 0 Å². The highest BCUT2D eigenvalue weighted by atomic mass is 16.6. The lowest BCUT2D eigenvalue weighted by Crippen LogP contribution is -2.40. The van der Waals surface area contributed by atoms with Crippen molar-refractivity contribution in [3.05, 3.63) is 95.6 Å². The fourth-order valence-corrected chi connectivity index (χ4v) is 5.29. The first kappa shape index (κ1) is 18.4. The lowest BCUT2D eigenvalue weighted by molar-refractivity contribution is -0.134. The molecule has 3 aromatic carbocycles. The number of rotatable bonds is 3. The summed E-state index contributed by atoms with van der Waals surface area (Å²) in [7, 11) is 0. The second kappa shape index (κ2) is 6.55. The third-order valence-corrected chi connectivity index (χ3v) is 7.13. The standard InChI is InChI=1S/C27H23NO3/c29-24-22-11-4-5-12-23(22)27(31-24)15-16-28(18-27)25(30)26(13-14-26)21-10-6-9-20(17-21)19-7-2-1-3-8-19/h1-12,17H,13-16,18H2/t27-/m0/s1. The SMILES string of the molecule is O=C1O[C@]2(CCN(C(=O)C3(c4cccc(-c5ccccc5)c4)CC3)C2)c2ccccc21. The van der Waals surface area contributed by atoms with E-state index < -0.39 is 11.0 Å². The van der Waals surface area contributed by atoms with Crippen LogP contribution >= 0.6 is 0 Å². The van der Waals surface area contributed by atoms with E-state index in [4.69, 9.17) is 4.74 Å². The van der Waals surface area contributed by atoms with Crippen molar-refractivity contribution >= 4 is 11.9 Å². The maximum Gasteiger partial charge on any atom is 0.339 e. The van der Waals surface area contributed by atoms with Crippen LogP contribution in [0, 0.1) is 0 Å². The molecule has 2 fully saturated rings. The van der Waals surface area contributed by atoms with E-state index in [2.05, 4.69) is 30.3 Å². The summed E-state index contributed by atoms with van der Waals surface area (Å²) in [6, 6.07) is 26.2. The van der Waals surface area contributed by atoms with Crippen LogP contribution in [0.3, 0.4) is 0 Å². The molecule has 1 atom stereocenters. The van der Waals surface area contributed by atoms with Crippen molar-refractivity contribution in [2.45, 2.75) is 30.3 Å². The quantitative estimate of drug-likeness (QED) is 0.590. The molecular weight excluding hydrogens is 386 g/mol. The molecule has 4 nitrogen and oxygen atoms in total. The Morgan fingerprint density at radius 1 is 0.839 bits per heavy atom. The fraction of sp³-hybridized carbons (Fsp3) is 0.259. The van der Waals surface area contributed by atoms with Crippen molar-refractivity contribution in [2.24, 2.45) is 0 Å². The molecule has 154 valence electrons. The molecule has 0 N–H and O–H groups in total. The molecule has 2 aliphatic heterocycles. The van der Waals surface area contributed by atoms with Crippen LogP contribution in [0.1, 0.15) is 40.7 Å². The molecule has 3 aromatic rings. The molecule has 3 aliphatic rings. The zero-order valence-corrected chi connectivity index (χ0v) is 17.2.